The number of benzene rings is 2. The van der Waals surface area contributed by atoms with Crippen molar-refractivity contribution in [1.82, 2.24) is 0 Å². The van der Waals surface area contributed by atoms with Gasteiger partial charge >= 0.3 is 0 Å². The Morgan fingerprint density at radius 3 is 2.48 bits per heavy atom. The zero-order valence-corrected chi connectivity index (χ0v) is 17.9. The number of carbonyl (C=O) groups excluding carboxylic acids is 1. The monoisotopic (exact) mass is 430 g/mol. The third-order valence-electron chi connectivity index (χ3n) is 5.11. The van der Waals surface area contributed by atoms with E-state index in [0.29, 0.717) is 5.17 Å². The molecule has 2 fully saturated rings. The van der Waals surface area contributed by atoms with Crippen molar-refractivity contribution in [3.8, 4) is 5.75 Å². The average Bonchev–Trinajstić information content (AvgIpc) is 3.14. The number of anilines is 1. The smallest absolute Gasteiger partial charge is 0.252 e. The molecule has 2 aliphatic rings. The maximum Gasteiger partial charge on any atom is 0.252 e. The van der Waals surface area contributed by atoms with E-state index in [-0.39, 0.29) is 35.1 Å². The maximum absolute atomic E-state index is 12.6. The van der Waals surface area contributed by atoms with Crippen molar-refractivity contribution in [3.05, 3.63) is 59.7 Å². The first-order valence-corrected chi connectivity index (χ1v) is 12.0. The molecule has 6 nitrogen and oxygen atoms in total. The lowest BCUT2D eigenvalue weighted by Crippen LogP contribution is -2.37. The van der Waals surface area contributed by atoms with Crippen LogP contribution in [0.2, 0.25) is 0 Å². The van der Waals surface area contributed by atoms with Gasteiger partial charge in [-0.2, -0.15) is 4.99 Å². The van der Waals surface area contributed by atoms with Crippen molar-refractivity contribution in [1.29, 1.82) is 0 Å². The van der Waals surface area contributed by atoms with Crippen LogP contribution in [0.15, 0.2) is 53.5 Å². The normalized spacial score (nSPS) is 23.9. The molecular formula is C21H22N2O4S2. The van der Waals surface area contributed by atoms with Crippen molar-refractivity contribution >= 4 is 38.4 Å². The van der Waals surface area contributed by atoms with E-state index in [1.165, 1.54) is 11.8 Å². The topological polar surface area (TPSA) is 76.0 Å². The van der Waals surface area contributed by atoms with Crippen LogP contribution in [-0.4, -0.2) is 49.4 Å². The molecule has 2 aliphatic heterocycles. The third-order valence-corrected chi connectivity index (χ3v) is 8.32. The van der Waals surface area contributed by atoms with E-state index in [1.54, 1.807) is 7.11 Å². The maximum atomic E-state index is 12.6. The average molecular weight is 431 g/mol. The summed E-state index contributed by atoms with van der Waals surface area (Å²) in [5, 5.41) is 0.478. The van der Waals surface area contributed by atoms with Crippen LogP contribution in [0, 0.1) is 6.92 Å². The van der Waals surface area contributed by atoms with Crippen LogP contribution in [0.25, 0.3) is 0 Å². The second kappa shape index (κ2) is 7.84. The van der Waals surface area contributed by atoms with Gasteiger partial charge in [-0.3, -0.25) is 4.79 Å². The number of fused-ring (bicyclic) bond motifs is 1. The summed E-state index contributed by atoms with van der Waals surface area (Å²) < 4.78 is 29.4. The van der Waals surface area contributed by atoms with E-state index in [9.17, 15) is 13.2 Å². The molecule has 2 saturated heterocycles. The molecule has 0 N–H and O–H groups in total. The summed E-state index contributed by atoms with van der Waals surface area (Å²) in [6, 6.07) is 15.0. The van der Waals surface area contributed by atoms with Crippen LogP contribution in [0.3, 0.4) is 0 Å². The van der Waals surface area contributed by atoms with E-state index >= 15 is 0 Å². The summed E-state index contributed by atoms with van der Waals surface area (Å²) in [5.74, 6) is 0.691. The SMILES string of the molecule is COc1ccc(CC(=O)N=C2SC3CS(=O)(=O)CC3N2c2ccc(C)cc2)cc1. The molecule has 0 saturated carbocycles. The molecule has 2 aromatic carbocycles. The van der Waals surface area contributed by atoms with Crippen LogP contribution in [0.1, 0.15) is 11.1 Å². The van der Waals surface area contributed by atoms with Gasteiger partial charge in [-0.25, -0.2) is 8.42 Å². The van der Waals surface area contributed by atoms with Gasteiger partial charge in [0.05, 0.1) is 31.1 Å². The standard InChI is InChI=1S/C21H22N2O4S2/c1-14-3-7-16(8-4-14)23-18-12-29(25,26)13-19(18)28-21(23)22-20(24)11-15-5-9-17(27-2)10-6-15/h3-10,18-19H,11-13H2,1-2H3. The molecule has 1 amide bonds. The summed E-state index contributed by atoms with van der Waals surface area (Å²) >= 11 is 1.39. The lowest BCUT2D eigenvalue weighted by atomic mass is 10.1. The molecule has 0 bridgehead atoms. The van der Waals surface area contributed by atoms with Gasteiger partial charge in [0.15, 0.2) is 15.0 Å². The minimum atomic E-state index is -3.08. The highest BCUT2D eigenvalue weighted by molar-refractivity contribution is 8.16. The number of hydrogen-bond donors (Lipinski definition) is 0. The minimum Gasteiger partial charge on any atom is -0.497 e. The molecule has 8 heteroatoms. The Bertz CT molecular complexity index is 1050. The molecule has 0 spiro atoms. The number of nitrogens with zero attached hydrogens (tertiary/aromatic N) is 2. The van der Waals surface area contributed by atoms with Crippen molar-refractivity contribution in [2.45, 2.75) is 24.6 Å². The fourth-order valence-electron chi connectivity index (χ4n) is 3.64. The molecular weight excluding hydrogens is 408 g/mol. The first kappa shape index (κ1) is 20.0. The number of aliphatic imine (C=N–C) groups is 1. The quantitative estimate of drug-likeness (QED) is 0.743. The summed E-state index contributed by atoms with van der Waals surface area (Å²) in [7, 11) is -1.48. The fourth-order valence-corrected chi connectivity index (χ4v) is 7.57. The highest BCUT2D eigenvalue weighted by atomic mass is 32.2. The van der Waals surface area contributed by atoms with E-state index in [1.807, 2.05) is 60.4 Å². The van der Waals surface area contributed by atoms with Crippen molar-refractivity contribution < 1.29 is 17.9 Å². The lowest BCUT2D eigenvalue weighted by molar-refractivity contribution is -0.117. The fraction of sp³-hybridized carbons (Fsp3) is 0.333. The van der Waals surface area contributed by atoms with Gasteiger partial charge in [0, 0.05) is 10.9 Å². The van der Waals surface area contributed by atoms with Gasteiger partial charge in [-0.1, -0.05) is 41.6 Å². The highest BCUT2D eigenvalue weighted by Gasteiger charge is 2.49. The van der Waals surface area contributed by atoms with Gasteiger partial charge < -0.3 is 9.64 Å². The van der Waals surface area contributed by atoms with E-state index < -0.39 is 9.84 Å². The Balaban J connectivity index is 1.60. The summed E-state index contributed by atoms with van der Waals surface area (Å²) in [6.07, 6.45) is 0.184. The van der Waals surface area contributed by atoms with Gasteiger partial charge in [0.25, 0.3) is 5.91 Å². The molecule has 2 unspecified atom stereocenters. The third kappa shape index (κ3) is 4.33. The largest absolute Gasteiger partial charge is 0.497 e. The Morgan fingerprint density at radius 1 is 1.14 bits per heavy atom. The second-order valence-electron chi connectivity index (χ2n) is 7.32. The number of aryl methyl sites for hydroxylation is 1. The molecule has 0 aromatic heterocycles. The number of hydrogen-bond acceptors (Lipinski definition) is 5. The molecule has 152 valence electrons. The first-order chi connectivity index (χ1) is 13.8. The Morgan fingerprint density at radius 2 is 1.83 bits per heavy atom. The van der Waals surface area contributed by atoms with Gasteiger partial charge in [0.2, 0.25) is 0 Å². The number of amidine groups is 1. The molecule has 29 heavy (non-hydrogen) atoms. The lowest BCUT2D eigenvalue weighted by Gasteiger charge is -2.24. The zero-order chi connectivity index (χ0) is 20.6. The predicted molar refractivity (Wildman–Crippen MR) is 117 cm³/mol. The number of thioether (sulfide) groups is 1. The summed E-state index contributed by atoms with van der Waals surface area (Å²) in [6.45, 7) is 2.00. The number of ether oxygens (including phenoxy) is 1. The molecule has 0 aliphatic carbocycles. The Labute approximate surface area is 174 Å². The molecule has 4 rings (SSSR count). The van der Waals surface area contributed by atoms with Crippen LogP contribution in [-0.2, 0) is 21.1 Å². The Kier molecular flexibility index (Phi) is 5.40. The van der Waals surface area contributed by atoms with Crippen molar-refractivity contribution in [3.63, 3.8) is 0 Å². The van der Waals surface area contributed by atoms with Crippen molar-refractivity contribution in [2.24, 2.45) is 4.99 Å². The van der Waals surface area contributed by atoms with Crippen LogP contribution < -0.4 is 9.64 Å². The predicted octanol–water partition coefficient (Wildman–Crippen LogP) is 2.85. The van der Waals surface area contributed by atoms with Crippen LogP contribution in [0.4, 0.5) is 5.69 Å². The summed E-state index contributed by atoms with van der Waals surface area (Å²) in [4.78, 5) is 18.9. The highest BCUT2D eigenvalue weighted by Crippen LogP contribution is 2.41. The number of rotatable bonds is 4. The van der Waals surface area contributed by atoms with E-state index in [0.717, 1.165) is 22.6 Å². The van der Waals surface area contributed by atoms with Crippen molar-refractivity contribution in [2.75, 3.05) is 23.5 Å². The molecule has 2 atom stereocenters. The van der Waals surface area contributed by atoms with Gasteiger partial charge in [0.1, 0.15) is 5.75 Å². The minimum absolute atomic E-state index is 0.0875. The number of sulfone groups is 1. The molecule has 0 radical (unpaired) electrons. The molecule has 2 aromatic rings. The van der Waals surface area contributed by atoms with Crippen LogP contribution >= 0.6 is 11.8 Å². The van der Waals surface area contributed by atoms with Gasteiger partial charge in [-0.15, -0.1) is 0 Å². The summed E-state index contributed by atoms with van der Waals surface area (Å²) in [5.41, 5.74) is 2.83. The number of methoxy groups -OCH3 is 1. The number of carbonyl (C=O) groups is 1. The zero-order valence-electron chi connectivity index (χ0n) is 16.2. The Hall–Kier alpha value is -2.32. The van der Waals surface area contributed by atoms with Crippen LogP contribution in [0.5, 0.6) is 5.75 Å². The number of amides is 1. The van der Waals surface area contributed by atoms with E-state index in [4.69, 9.17) is 4.74 Å². The second-order valence-corrected chi connectivity index (χ2v) is 10.7. The first-order valence-electron chi connectivity index (χ1n) is 9.32. The van der Waals surface area contributed by atoms with Gasteiger partial charge in [-0.05, 0) is 36.8 Å². The van der Waals surface area contributed by atoms with E-state index in [2.05, 4.69) is 4.99 Å². The molecule has 2 heterocycles.